The Labute approximate surface area is 131 Å². The van der Waals surface area contributed by atoms with E-state index in [1.54, 1.807) is 13.0 Å². The van der Waals surface area contributed by atoms with Crippen LogP contribution in [0.2, 0.25) is 5.02 Å². The smallest absolute Gasteiger partial charge is 0.341 e. The quantitative estimate of drug-likeness (QED) is 0.397. The van der Waals surface area contributed by atoms with Gasteiger partial charge < -0.3 is 15.2 Å². The molecule has 1 rings (SSSR count). The molecule has 0 heterocycles. The number of rotatable bonds is 6. The molecule has 1 aromatic rings. The summed E-state index contributed by atoms with van der Waals surface area (Å²) in [7, 11) is 0. The second-order valence-corrected chi connectivity index (χ2v) is 4.34. The summed E-state index contributed by atoms with van der Waals surface area (Å²) in [6, 6.07) is 4.50. The Morgan fingerprint density at radius 3 is 2.68 bits per heavy atom. The Morgan fingerprint density at radius 1 is 1.36 bits per heavy atom. The minimum atomic E-state index is -1.12. The molecule has 0 fully saturated rings. The number of hydrogen-bond acceptors (Lipinski definition) is 5. The molecule has 0 radical (unpaired) electrons. The van der Waals surface area contributed by atoms with Crippen molar-refractivity contribution in [2.24, 2.45) is 5.10 Å². The Kier molecular flexibility index (Phi) is 6.84. The van der Waals surface area contributed by atoms with Gasteiger partial charge >= 0.3 is 17.8 Å². The molecule has 1 aromatic carbocycles. The standard InChI is InChI=1S/C13H14ClN3O5/c1-2-15-12(20)13(21)17-16-6-8-3-4-10(9(14)5-8)22-7-11(18)19/h3-6H,2,7H2,1H3,(H,15,20)(H,17,21)(H,18,19)/b16-6-. The fourth-order valence-electron chi connectivity index (χ4n) is 1.31. The summed E-state index contributed by atoms with van der Waals surface area (Å²) in [6.45, 7) is 1.52. The van der Waals surface area contributed by atoms with E-state index in [0.717, 1.165) is 0 Å². The summed E-state index contributed by atoms with van der Waals surface area (Å²) >= 11 is 5.91. The third-order valence-electron chi connectivity index (χ3n) is 2.23. The lowest BCUT2D eigenvalue weighted by Crippen LogP contribution is -2.37. The number of carbonyl (C=O) groups is 3. The molecule has 2 amide bonds. The summed E-state index contributed by atoms with van der Waals surface area (Å²) < 4.78 is 4.96. The van der Waals surface area contributed by atoms with Crippen molar-refractivity contribution in [2.45, 2.75) is 6.92 Å². The molecular weight excluding hydrogens is 314 g/mol. The van der Waals surface area contributed by atoms with Gasteiger partial charge in [0.2, 0.25) is 0 Å². The van der Waals surface area contributed by atoms with Gasteiger partial charge in [0, 0.05) is 6.54 Å². The monoisotopic (exact) mass is 327 g/mol. The first kappa shape index (κ1) is 17.4. The van der Waals surface area contributed by atoms with Crippen molar-refractivity contribution in [1.82, 2.24) is 10.7 Å². The van der Waals surface area contributed by atoms with Crippen molar-refractivity contribution in [1.29, 1.82) is 0 Å². The maximum Gasteiger partial charge on any atom is 0.341 e. The number of nitrogens with one attached hydrogen (secondary N) is 2. The van der Waals surface area contributed by atoms with E-state index in [-0.39, 0.29) is 10.8 Å². The number of carbonyl (C=O) groups excluding carboxylic acids is 2. The van der Waals surface area contributed by atoms with E-state index in [1.165, 1.54) is 18.3 Å². The molecular formula is C13H14ClN3O5. The lowest BCUT2D eigenvalue weighted by molar-refractivity contribution is -0.139. The van der Waals surface area contributed by atoms with E-state index in [1.807, 2.05) is 0 Å². The van der Waals surface area contributed by atoms with Crippen LogP contribution >= 0.6 is 11.6 Å². The van der Waals surface area contributed by atoms with Crippen LogP contribution in [-0.4, -0.2) is 42.3 Å². The van der Waals surface area contributed by atoms with Crippen LogP contribution in [0.4, 0.5) is 0 Å². The first-order chi connectivity index (χ1) is 10.4. The molecule has 0 saturated heterocycles. The largest absolute Gasteiger partial charge is 0.480 e. The number of benzene rings is 1. The first-order valence-electron chi connectivity index (χ1n) is 6.19. The SMILES string of the molecule is CCNC(=O)C(=O)N/N=C\c1ccc(OCC(=O)O)c(Cl)c1. The molecule has 0 aliphatic heterocycles. The molecule has 0 spiro atoms. The maximum absolute atomic E-state index is 11.3. The van der Waals surface area contributed by atoms with Crippen LogP contribution in [0, 0.1) is 0 Å². The summed E-state index contributed by atoms with van der Waals surface area (Å²) in [5.74, 6) is -2.57. The number of amides is 2. The number of carboxylic acid groups (broad SMARTS) is 1. The minimum Gasteiger partial charge on any atom is -0.480 e. The van der Waals surface area contributed by atoms with E-state index in [2.05, 4.69) is 15.8 Å². The molecule has 3 N–H and O–H groups in total. The van der Waals surface area contributed by atoms with Crippen molar-refractivity contribution in [3.8, 4) is 5.75 Å². The topological polar surface area (TPSA) is 117 Å². The van der Waals surface area contributed by atoms with Crippen molar-refractivity contribution in [3.63, 3.8) is 0 Å². The van der Waals surface area contributed by atoms with Crippen LogP contribution in [0.25, 0.3) is 0 Å². The van der Waals surface area contributed by atoms with Crippen molar-refractivity contribution >= 4 is 35.6 Å². The van der Waals surface area contributed by atoms with Gasteiger partial charge in [-0.15, -0.1) is 0 Å². The average molecular weight is 328 g/mol. The number of likely N-dealkylation sites (N-methyl/N-ethyl adjacent to an activating group) is 1. The predicted molar refractivity (Wildman–Crippen MR) is 79.0 cm³/mol. The molecule has 0 aromatic heterocycles. The number of halogens is 1. The second kappa shape index (κ2) is 8.63. The normalized spacial score (nSPS) is 10.3. The minimum absolute atomic E-state index is 0.195. The number of nitrogens with zero attached hydrogens (tertiary/aromatic N) is 1. The molecule has 118 valence electrons. The van der Waals surface area contributed by atoms with Crippen molar-refractivity contribution in [2.75, 3.05) is 13.2 Å². The lowest BCUT2D eigenvalue weighted by Gasteiger charge is -2.05. The van der Waals surface area contributed by atoms with E-state index in [4.69, 9.17) is 21.4 Å². The average Bonchev–Trinajstić information content (AvgIpc) is 2.46. The molecule has 0 unspecified atom stereocenters. The molecule has 0 bridgehead atoms. The number of aliphatic carboxylic acids is 1. The molecule has 0 saturated carbocycles. The predicted octanol–water partition coefficient (Wildman–Crippen LogP) is 0.390. The number of hydrogen-bond donors (Lipinski definition) is 3. The van der Waals surface area contributed by atoms with Gasteiger partial charge in [0.1, 0.15) is 5.75 Å². The van der Waals surface area contributed by atoms with Crippen LogP contribution in [0.5, 0.6) is 5.75 Å². The zero-order valence-electron chi connectivity index (χ0n) is 11.6. The zero-order chi connectivity index (χ0) is 16.5. The second-order valence-electron chi connectivity index (χ2n) is 3.93. The highest BCUT2D eigenvalue weighted by atomic mass is 35.5. The molecule has 0 aliphatic carbocycles. The van der Waals surface area contributed by atoms with Crippen LogP contribution in [0.1, 0.15) is 12.5 Å². The van der Waals surface area contributed by atoms with Gasteiger partial charge in [-0.25, -0.2) is 10.2 Å². The number of carboxylic acids is 1. The number of ether oxygens (including phenoxy) is 1. The van der Waals surface area contributed by atoms with Crippen LogP contribution in [0.15, 0.2) is 23.3 Å². The number of hydrazone groups is 1. The Bertz CT molecular complexity index is 603. The van der Waals surface area contributed by atoms with Crippen molar-refractivity contribution in [3.05, 3.63) is 28.8 Å². The van der Waals surface area contributed by atoms with Gasteiger partial charge in [0.05, 0.1) is 11.2 Å². The maximum atomic E-state index is 11.3. The highest BCUT2D eigenvalue weighted by Gasteiger charge is 2.10. The van der Waals surface area contributed by atoms with Crippen LogP contribution in [0.3, 0.4) is 0 Å². The highest BCUT2D eigenvalue weighted by Crippen LogP contribution is 2.24. The summed E-state index contributed by atoms with van der Waals surface area (Å²) in [6.07, 6.45) is 1.28. The van der Waals surface area contributed by atoms with E-state index < -0.39 is 24.4 Å². The van der Waals surface area contributed by atoms with Gasteiger partial charge in [-0.1, -0.05) is 11.6 Å². The Morgan fingerprint density at radius 2 is 2.09 bits per heavy atom. The molecule has 9 heteroatoms. The van der Waals surface area contributed by atoms with E-state index >= 15 is 0 Å². The van der Waals surface area contributed by atoms with Crippen LogP contribution in [-0.2, 0) is 14.4 Å². The molecule has 0 atom stereocenters. The van der Waals surface area contributed by atoms with Gasteiger partial charge in [-0.2, -0.15) is 5.10 Å². The fourth-order valence-corrected chi connectivity index (χ4v) is 1.55. The van der Waals surface area contributed by atoms with E-state index in [9.17, 15) is 14.4 Å². The lowest BCUT2D eigenvalue weighted by atomic mass is 10.2. The van der Waals surface area contributed by atoms with Gasteiger partial charge in [-0.05, 0) is 30.7 Å². The first-order valence-corrected chi connectivity index (χ1v) is 6.57. The van der Waals surface area contributed by atoms with Gasteiger partial charge in [0.25, 0.3) is 0 Å². The van der Waals surface area contributed by atoms with E-state index in [0.29, 0.717) is 12.1 Å². The van der Waals surface area contributed by atoms with Crippen molar-refractivity contribution < 1.29 is 24.2 Å². The third-order valence-corrected chi connectivity index (χ3v) is 2.53. The summed E-state index contributed by atoms with van der Waals surface area (Å²) in [5.41, 5.74) is 2.59. The zero-order valence-corrected chi connectivity index (χ0v) is 12.4. The van der Waals surface area contributed by atoms with Crippen LogP contribution < -0.4 is 15.5 Å². The summed E-state index contributed by atoms with van der Waals surface area (Å²) in [4.78, 5) is 32.8. The van der Waals surface area contributed by atoms with Gasteiger partial charge in [-0.3, -0.25) is 9.59 Å². The van der Waals surface area contributed by atoms with Gasteiger partial charge in [0.15, 0.2) is 6.61 Å². The molecule has 8 nitrogen and oxygen atoms in total. The Balaban J connectivity index is 2.61. The molecule has 0 aliphatic rings. The highest BCUT2D eigenvalue weighted by molar-refractivity contribution is 6.35. The summed E-state index contributed by atoms with van der Waals surface area (Å²) in [5, 5.41) is 14.6. The Hall–Kier alpha value is -2.61. The fraction of sp³-hybridized carbons (Fsp3) is 0.231. The molecule has 22 heavy (non-hydrogen) atoms. The third kappa shape index (κ3) is 5.80.